The molecule has 3 aromatic rings. The molecule has 4 rings (SSSR count). The molecule has 0 amide bonds. The molecule has 0 spiro atoms. The van der Waals surface area contributed by atoms with Crippen LogP contribution in [-0.4, -0.2) is 16.5 Å². The first-order chi connectivity index (χ1) is 12.5. The average molecular weight is 410 g/mol. The maximum atomic E-state index is 12.7. The second-order valence-electron chi connectivity index (χ2n) is 5.81. The van der Waals surface area contributed by atoms with Gasteiger partial charge in [0.15, 0.2) is 0 Å². The van der Waals surface area contributed by atoms with Gasteiger partial charge in [-0.05, 0) is 17.7 Å². The van der Waals surface area contributed by atoms with E-state index in [4.69, 9.17) is 0 Å². The van der Waals surface area contributed by atoms with Gasteiger partial charge < -0.3 is 0 Å². The van der Waals surface area contributed by atoms with Gasteiger partial charge in [0.1, 0.15) is 5.01 Å². The first kappa shape index (κ1) is 17.9. The number of hydrogen-bond donors (Lipinski definition) is 0. The maximum Gasteiger partial charge on any atom is 0.416 e. The van der Waals surface area contributed by atoms with Crippen LogP contribution in [0.3, 0.4) is 0 Å². The van der Waals surface area contributed by atoms with Crippen LogP contribution < -0.4 is 0 Å². The van der Waals surface area contributed by atoms with Gasteiger partial charge in [-0.1, -0.05) is 36.4 Å². The fraction of sp³-hybridized carbons (Fsp3) is 0.211. The first-order valence-corrected chi connectivity index (χ1v) is 10.9. The van der Waals surface area contributed by atoms with Gasteiger partial charge in [0.2, 0.25) is 0 Å². The Morgan fingerprint density at radius 2 is 1.46 bits per heavy atom. The Morgan fingerprint density at radius 3 is 2.08 bits per heavy atom. The van der Waals surface area contributed by atoms with Gasteiger partial charge in [-0.3, -0.25) is 0 Å². The van der Waals surface area contributed by atoms with Crippen molar-refractivity contribution in [2.45, 2.75) is 10.8 Å². The minimum absolute atomic E-state index is 0.517. The Hall–Kier alpha value is -1.44. The number of alkyl halides is 3. The van der Waals surface area contributed by atoms with Crippen LogP contribution in [0.15, 0.2) is 53.9 Å². The van der Waals surface area contributed by atoms with Crippen LogP contribution >= 0.6 is 34.9 Å². The summed E-state index contributed by atoms with van der Waals surface area (Å²) in [7, 11) is 0. The number of halogens is 3. The summed E-state index contributed by atoms with van der Waals surface area (Å²) < 4.78 is 38.5. The number of benzene rings is 2. The quantitative estimate of drug-likeness (QED) is 0.463. The molecule has 2 heterocycles. The van der Waals surface area contributed by atoms with Crippen LogP contribution in [0.4, 0.5) is 13.2 Å². The lowest BCUT2D eigenvalue weighted by Crippen LogP contribution is -2.03. The highest BCUT2D eigenvalue weighted by atomic mass is 32.2. The van der Waals surface area contributed by atoms with Crippen LogP contribution in [0.5, 0.6) is 0 Å². The van der Waals surface area contributed by atoms with Crippen molar-refractivity contribution in [2.24, 2.45) is 0 Å². The van der Waals surface area contributed by atoms with E-state index >= 15 is 0 Å². The summed E-state index contributed by atoms with van der Waals surface area (Å²) in [6, 6.07) is 13.6. The normalized spacial score (nSPS) is 15.5. The molecule has 0 N–H and O–H groups in total. The SMILES string of the molecule is FC(F)(F)c1ccc(-c2csc(-c3ccc(C4SCCS4)cc3)n2)cc1. The maximum absolute atomic E-state index is 12.7. The second kappa shape index (κ2) is 7.29. The van der Waals surface area contributed by atoms with Crippen LogP contribution in [0.1, 0.15) is 15.7 Å². The molecule has 7 heteroatoms. The van der Waals surface area contributed by atoms with Gasteiger partial charge in [-0.25, -0.2) is 4.98 Å². The van der Waals surface area contributed by atoms with E-state index < -0.39 is 11.7 Å². The van der Waals surface area contributed by atoms with E-state index in [-0.39, 0.29) is 0 Å². The van der Waals surface area contributed by atoms with Crippen LogP contribution in [0.25, 0.3) is 21.8 Å². The van der Waals surface area contributed by atoms with Crippen molar-refractivity contribution in [3.8, 4) is 21.8 Å². The van der Waals surface area contributed by atoms with Crippen molar-refractivity contribution < 1.29 is 13.2 Å². The van der Waals surface area contributed by atoms with E-state index in [0.717, 1.165) is 22.7 Å². The zero-order chi connectivity index (χ0) is 18.1. The minimum Gasteiger partial charge on any atom is -0.236 e. The monoisotopic (exact) mass is 409 g/mol. The third kappa shape index (κ3) is 3.80. The number of rotatable bonds is 3. The summed E-state index contributed by atoms with van der Waals surface area (Å²) in [6.45, 7) is 0. The van der Waals surface area contributed by atoms with Crippen molar-refractivity contribution in [1.82, 2.24) is 4.98 Å². The lowest BCUT2D eigenvalue weighted by Gasteiger charge is -2.08. The molecule has 134 valence electrons. The molecular weight excluding hydrogens is 395 g/mol. The van der Waals surface area contributed by atoms with E-state index in [1.54, 1.807) is 0 Å². The van der Waals surface area contributed by atoms with E-state index in [2.05, 4.69) is 29.2 Å². The van der Waals surface area contributed by atoms with Gasteiger partial charge >= 0.3 is 6.18 Å². The Morgan fingerprint density at radius 1 is 0.846 bits per heavy atom. The zero-order valence-electron chi connectivity index (χ0n) is 13.5. The molecule has 26 heavy (non-hydrogen) atoms. The molecule has 0 aliphatic carbocycles. The zero-order valence-corrected chi connectivity index (χ0v) is 15.9. The standard InChI is InChI=1S/C19H14F3NS3/c20-19(21,22)15-7-5-12(6-8-15)16-11-26-17(23-16)13-1-3-14(4-2-13)18-24-9-10-25-18/h1-8,11,18H,9-10H2. The highest BCUT2D eigenvalue weighted by Crippen LogP contribution is 2.45. The third-order valence-electron chi connectivity index (χ3n) is 4.06. The molecule has 1 fully saturated rings. The van der Waals surface area contributed by atoms with Gasteiger partial charge in [-0.2, -0.15) is 13.2 Å². The fourth-order valence-corrected chi connectivity index (χ4v) is 6.40. The summed E-state index contributed by atoms with van der Waals surface area (Å²) >= 11 is 5.44. The van der Waals surface area contributed by atoms with Gasteiger partial charge in [0.25, 0.3) is 0 Å². The third-order valence-corrected chi connectivity index (χ3v) is 8.06. The molecule has 0 atom stereocenters. The summed E-state index contributed by atoms with van der Waals surface area (Å²) in [4.78, 5) is 4.60. The summed E-state index contributed by atoms with van der Waals surface area (Å²) in [6.07, 6.45) is -4.32. The number of thioether (sulfide) groups is 2. The molecule has 1 nitrogen and oxygen atoms in total. The fourth-order valence-electron chi connectivity index (χ4n) is 2.70. The molecule has 1 aliphatic heterocycles. The van der Waals surface area contributed by atoms with Crippen LogP contribution in [0.2, 0.25) is 0 Å². The molecule has 1 aromatic heterocycles. The van der Waals surface area contributed by atoms with E-state index in [1.165, 1.54) is 40.5 Å². The Balaban J connectivity index is 1.54. The Labute approximate surface area is 162 Å². The molecule has 0 saturated carbocycles. The largest absolute Gasteiger partial charge is 0.416 e. The molecule has 0 bridgehead atoms. The van der Waals surface area contributed by atoms with Crippen molar-refractivity contribution in [1.29, 1.82) is 0 Å². The van der Waals surface area contributed by atoms with Crippen LogP contribution in [0, 0.1) is 0 Å². The Bertz CT molecular complexity index is 880. The number of aromatic nitrogens is 1. The van der Waals surface area contributed by atoms with E-state index in [9.17, 15) is 13.2 Å². The van der Waals surface area contributed by atoms with Crippen molar-refractivity contribution in [3.05, 3.63) is 65.0 Å². The first-order valence-electron chi connectivity index (χ1n) is 7.97. The molecule has 1 aliphatic rings. The Kier molecular flexibility index (Phi) is 5.03. The smallest absolute Gasteiger partial charge is 0.236 e. The summed E-state index contributed by atoms with van der Waals surface area (Å²) in [5.41, 5.74) is 3.10. The minimum atomic E-state index is -4.32. The summed E-state index contributed by atoms with van der Waals surface area (Å²) in [5.74, 6) is 2.39. The van der Waals surface area contributed by atoms with Crippen molar-refractivity contribution in [2.75, 3.05) is 11.5 Å². The van der Waals surface area contributed by atoms with E-state index in [0.29, 0.717) is 15.8 Å². The number of thiazole rings is 1. The summed E-state index contributed by atoms with van der Waals surface area (Å²) in [5, 5.41) is 2.76. The molecule has 2 aromatic carbocycles. The predicted molar refractivity (Wildman–Crippen MR) is 106 cm³/mol. The lowest BCUT2D eigenvalue weighted by atomic mass is 10.1. The predicted octanol–water partition coefficient (Wildman–Crippen LogP) is 6.97. The molecule has 0 radical (unpaired) electrons. The van der Waals surface area contributed by atoms with E-state index in [1.807, 2.05) is 28.9 Å². The second-order valence-corrected chi connectivity index (χ2v) is 9.39. The average Bonchev–Trinajstić information content (AvgIpc) is 3.33. The van der Waals surface area contributed by atoms with Crippen molar-refractivity contribution in [3.63, 3.8) is 0 Å². The molecule has 0 unspecified atom stereocenters. The van der Waals surface area contributed by atoms with Crippen molar-refractivity contribution >= 4 is 34.9 Å². The van der Waals surface area contributed by atoms with Gasteiger partial charge in [0.05, 0.1) is 15.8 Å². The van der Waals surface area contributed by atoms with Gasteiger partial charge in [-0.15, -0.1) is 34.9 Å². The molecular formula is C19H14F3NS3. The number of hydrogen-bond acceptors (Lipinski definition) is 4. The van der Waals surface area contributed by atoms with Crippen LogP contribution in [-0.2, 0) is 6.18 Å². The van der Waals surface area contributed by atoms with Gasteiger partial charge in [0, 0.05) is 28.0 Å². The molecule has 1 saturated heterocycles. The highest BCUT2D eigenvalue weighted by molar-refractivity contribution is 8.19. The highest BCUT2D eigenvalue weighted by Gasteiger charge is 2.30. The topological polar surface area (TPSA) is 12.9 Å². The lowest BCUT2D eigenvalue weighted by molar-refractivity contribution is -0.137. The number of nitrogens with zero attached hydrogens (tertiary/aromatic N) is 1.